The van der Waals surface area contributed by atoms with E-state index in [1.54, 1.807) is 19.5 Å². The van der Waals surface area contributed by atoms with Gasteiger partial charge in [-0.1, -0.05) is 12.1 Å². The molecule has 2 aromatic rings. The van der Waals surface area contributed by atoms with Crippen molar-refractivity contribution in [2.45, 2.75) is 6.54 Å². The van der Waals surface area contributed by atoms with Gasteiger partial charge in [-0.2, -0.15) is 10.2 Å². The number of nitrogens with zero attached hydrogens (tertiary/aromatic N) is 5. The van der Waals surface area contributed by atoms with Crippen molar-refractivity contribution in [3.05, 3.63) is 47.8 Å². The Hall–Kier alpha value is -2.65. The van der Waals surface area contributed by atoms with E-state index in [0.29, 0.717) is 11.4 Å². The van der Waals surface area contributed by atoms with Gasteiger partial charge < -0.3 is 9.64 Å². The lowest BCUT2D eigenvalue weighted by molar-refractivity contribution is 0.249. The summed E-state index contributed by atoms with van der Waals surface area (Å²) in [5, 5.41) is 8.84. The van der Waals surface area contributed by atoms with E-state index >= 15 is 0 Å². The van der Waals surface area contributed by atoms with Crippen LogP contribution in [0.25, 0.3) is 0 Å². The molecule has 6 nitrogen and oxygen atoms in total. The fourth-order valence-corrected chi connectivity index (χ4v) is 2.67. The molecule has 3 rings (SSSR count). The molecule has 23 heavy (non-hydrogen) atoms. The maximum absolute atomic E-state index is 8.84. The fourth-order valence-electron chi connectivity index (χ4n) is 2.67. The predicted octanol–water partition coefficient (Wildman–Crippen LogP) is 1.68. The van der Waals surface area contributed by atoms with Gasteiger partial charge in [0.25, 0.3) is 0 Å². The molecule has 6 heteroatoms. The molecule has 1 aromatic carbocycles. The van der Waals surface area contributed by atoms with Crippen molar-refractivity contribution in [2.75, 3.05) is 38.2 Å². The first-order valence-corrected chi connectivity index (χ1v) is 7.61. The number of hydrogen-bond donors (Lipinski definition) is 0. The molecule has 0 N–H and O–H groups in total. The Morgan fingerprint density at radius 1 is 1.13 bits per heavy atom. The number of ether oxygens (including phenoxy) is 1. The summed E-state index contributed by atoms with van der Waals surface area (Å²) < 4.78 is 5.13. The molecule has 1 aliphatic heterocycles. The monoisotopic (exact) mass is 309 g/mol. The molecule has 0 spiro atoms. The Morgan fingerprint density at radius 3 is 2.52 bits per heavy atom. The standard InChI is InChI=1S/C17H19N5O/c1-23-17-12-19-11-16(20-17)22-8-6-21(7-9-22)13-15-4-2-14(10-18)3-5-15/h2-5,11-12H,6-9,13H2,1H3. The van der Waals surface area contributed by atoms with Gasteiger partial charge in [0.2, 0.25) is 5.88 Å². The van der Waals surface area contributed by atoms with Crippen LogP contribution in [-0.4, -0.2) is 48.2 Å². The Bertz CT molecular complexity index is 687. The first kappa shape index (κ1) is 15.3. The summed E-state index contributed by atoms with van der Waals surface area (Å²) in [6, 6.07) is 9.95. The summed E-state index contributed by atoms with van der Waals surface area (Å²) in [5.41, 5.74) is 1.94. The number of piperazine rings is 1. The first-order valence-electron chi connectivity index (χ1n) is 7.61. The van der Waals surface area contributed by atoms with E-state index < -0.39 is 0 Å². The highest BCUT2D eigenvalue weighted by Crippen LogP contribution is 2.17. The summed E-state index contributed by atoms with van der Waals surface area (Å²) in [6.07, 6.45) is 3.39. The second-order valence-corrected chi connectivity index (χ2v) is 5.49. The summed E-state index contributed by atoms with van der Waals surface area (Å²) >= 11 is 0. The van der Waals surface area contributed by atoms with Crippen molar-refractivity contribution in [3.8, 4) is 11.9 Å². The maximum atomic E-state index is 8.84. The predicted molar refractivity (Wildman–Crippen MR) is 87.2 cm³/mol. The minimum atomic E-state index is 0.544. The summed E-state index contributed by atoms with van der Waals surface area (Å²) in [6.45, 7) is 4.68. The molecule has 1 fully saturated rings. The largest absolute Gasteiger partial charge is 0.480 e. The van der Waals surface area contributed by atoms with E-state index in [4.69, 9.17) is 10.00 Å². The van der Waals surface area contributed by atoms with Crippen molar-refractivity contribution < 1.29 is 4.74 Å². The molecule has 0 amide bonds. The Morgan fingerprint density at radius 2 is 1.87 bits per heavy atom. The minimum absolute atomic E-state index is 0.544. The van der Waals surface area contributed by atoms with Gasteiger partial charge in [0, 0.05) is 32.7 Å². The first-order chi connectivity index (χ1) is 11.3. The fraction of sp³-hybridized carbons (Fsp3) is 0.353. The Balaban J connectivity index is 1.56. The van der Waals surface area contributed by atoms with Crippen molar-refractivity contribution in [1.29, 1.82) is 5.26 Å². The third kappa shape index (κ3) is 3.76. The highest BCUT2D eigenvalue weighted by molar-refractivity contribution is 5.38. The van der Waals surface area contributed by atoms with Crippen molar-refractivity contribution in [2.24, 2.45) is 0 Å². The van der Waals surface area contributed by atoms with E-state index in [9.17, 15) is 0 Å². The number of aromatic nitrogens is 2. The second-order valence-electron chi connectivity index (χ2n) is 5.49. The van der Waals surface area contributed by atoms with E-state index in [2.05, 4.69) is 25.8 Å². The van der Waals surface area contributed by atoms with Crippen LogP contribution in [0.1, 0.15) is 11.1 Å². The number of hydrogen-bond acceptors (Lipinski definition) is 6. The van der Waals surface area contributed by atoms with E-state index in [-0.39, 0.29) is 0 Å². The number of anilines is 1. The highest BCUT2D eigenvalue weighted by atomic mass is 16.5. The summed E-state index contributed by atoms with van der Waals surface area (Å²) in [4.78, 5) is 13.2. The Labute approximate surface area is 136 Å². The molecule has 118 valence electrons. The topological polar surface area (TPSA) is 65.3 Å². The van der Waals surface area contributed by atoms with Crippen LogP contribution in [0.15, 0.2) is 36.7 Å². The van der Waals surface area contributed by atoms with Gasteiger partial charge >= 0.3 is 0 Å². The lowest BCUT2D eigenvalue weighted by Gasteiger charge is -2.35. The smallest absolute Gasteiger partial charge is 0.233 e. The van der Waals surface area contributed by atoms with Gasteiger partial charge in [-0.3, -0.25) is 9.88 Å². The number of nitriles is 1. The van der Waals surface area contributed by atoms with Gasteiger partial charge in [0.15, 0.2) is 5.82 Å². The van der Waals surface area contributed by atoms with E-state index in [1.165, 1.54) is 5.56 Å². The molecule has 1 saturated heterocycles. The van der Waals surface area contributed by atoms with Gasteiger partial charge in [-0.25, -0.2) is 0 Å². The van der Waals surface area contributed by atoms with Crippen LogP contribution in [0.2, 0.25) is 0 Å². The van der Waals surface area contributed by atoms with Crippen molar-refractivity contribution in [3.63, 3.8) is 0 Å². The summed E-state index contributed by atoms with van der Waals surface area (Å²) in [7, 11) is 1.60. The molecule has 0 bridgehead atoms. The average Bonchev–Trinajstić information content (AvgIpc) is 2.63. The molecular formula is C17H19N5O. The van der Waals surface area contributed by atoms with Gasteiger partial charge in [-0.05, 0) is 17.7 Å². The van der Waals surface area contributed by atoms with Crippen LogP contribution in [0, 0.1) is 11.3 Å². The molecular weight excluding hydrogens is 290 g/mol. The normalized spacial score (nSPS) is 15.2. The average molecular weight is 309 g/mol. The Kier molecular flexibility index (Phi) is 4.69. The van der Waals surface area contributed by atoms with Gasteiger partial charge in [0.05, 0.1) is 31.1 Å². The maximum Gasteiger partial charge on any atom is 0.233 e. The summed E-state index contributed by atoms with van der Waals surface area (Å²) in [5.74, 6) is 1.41. The van der Waals surface area contributed by atoms with Crippen LogP contribution in [0.3, 0.4) is 0 Å². The molecule has 0 aliphatic carbocycles. The number of rotatable bonds is 4. The van der Waals surface area contributed by atoms with E-state index in [1.807, 2.05) is 24.3 Å². The molecule has 1 aliphatic rings. The molecule has 0 atom stereocenters. The van der Waals surface area contributed by atoms with Gasteiger partial charge in [-0.15, -0.1) is 0 Å². The molecule has 2 heterocycles. The number of benzene rings is 1. The quantitative estimate of drug-likeness (QED) is 0.856. The SMILES string of the molecule is COc1cncc(N2CCN(Cc3ccc(C#N)cc3)CC2)n1. The second kappa shape index (κ2) is 7.07. The number of methoxy groups -OCH3 is 1. The third-order valence-corrected chi connectivity index (χ3v) is 3.99. The highest BCUT2D eigenvalue weighted by Gasteiger charge is 2.18. The molecule has 1 aromatic heterocycles. The molecule has 0 saturated carbocycles. The van der Waals surface area contributed by atoms with Crippen LogP contribution >= 0.6 is 0 Å². The lowest BCUT2D eigenvalue weighted by atomic mass is 10.1. The minimum Gasteiger partial charge on any atom is -0.480 e. The lowest BCUT2D eigenvalue weighted by Crippen LogP contribution is -2.46. The van der Waals surface area contributed by atoms with Crippen LogP contribution in [0.4, 0.5) is 5.82 Å². The molecule has 0 radical (unpaired) electrons. The van der Waals surface area contributed by atoms with Crippen LogP contribution < -0.4 is 9.64 Å². The van der Waals surface area contributed by atoms with E-state index in [0.717, 1.165) is 38.5 Å². The zero-order valence-electron chi connectivity index (χ0n) is 13.1. The molecule has 0 unspecified atom stereocenters. The van der Waals surface area contributed by atoms with Crippen molar-refractivity contribution >= 4 is 5.82 Å². The van der Waals surface area contributed by atoms with Gasteiger partial charge in [0.1, 0.15) is 0 Å². The van der Waals surface area contributed by atoms with Crippen LogP contribution in [0.5, 0.6) is 5.88 Å². The zero-order chi connectivity index (χ0) is 16.1. The third-order valence-electron chi connectivity index (χ3n) is 3.99. The van der Waals surface area contributed by atoms with Crippen molar-refractivity contribution in [1.82, 2.24) is 14.9 Å². The zero-order valence-corrected chi connectivity index (χ0v) is 13.1. The van der Waals surface area contributed by atoms with Crippen LogP contribution in [-0.2, 0) is 6.54 Å².